The molecule has 1 aliphatic carbocycles. The molecule has 1 heterocycles. The number of allylic oxidation sites excluding steroid dienone is 4. The average Bonchev–Trinajstić information content (AvgIpc) is 3.76. The molecule has 12 rings (SSSR count). The third-order valence-electron chi connectivity index (χ3n) is 13.2. The topological polar surface area (TPSA) is 16.4 Å². The molecular weight excluding hydrogens is 787 g/mol. The van der Waals surface area contributed by atoms with Crippen molar-refractivity contribution in [1.29, 1.82) is 0 Å². The first kappa shape index (κ1) is 38.5. The van der Waals surface area contributed by atoms with Gasteiger partial charge in [-0.1, -0.05) is 183 Å². The number of para-hydroxylation sites is 2. The number of nitrogens with zero attached hydrogens (tertiary/aromatic N) is 1. The zero-order chi connectivity index (χ0) is 43.3. The van der Waals surface area contributed by atoms with Crippen molar-refractivity contribution < 1.29 is 4.42 Å². The lowest BCUT2D eigenvalue weighted by Crippen LogP contribution is -2.10. The van der Waals surface area contributed by atoms with E-state index in [1.807, 2.05) is 6.07 Å². The Morgan fingerprint density at radius 2 is 1.02 bits per heavy atom. The summed E-state index contributed by atoms with van der Waals surface area (Å²) in [5, 5.41) is 7.31. The fourth-order valence-corrected chi connectivity index (χ4v) is 9.95. The van der Waals surface area contributed by atoms with Crippen LogP contribution in [0.5, 0.6) is 0 Å². The minimum atomic E-state index is 0.510. The second kappa shape index (κ2) is 16.2. The molecule has 0 radical (unpaired) electrons. The van der Waals surface area contributed by atoms with Crippen LogP contribution in [-0.2, 0) is 0 Å². The van der Waals surface area contributed by atoms with Crippen molar-refractivity contribution in [1.82, 2.24) is 0 Å². The molecule has 0 fully saturated rings. The summed E-state index contributed by atoms with van der Waals surface area (Å²) in [6.07, 6.45) is 7.82. The Hall–Kier alpha value is -8.20. The van der Waals surface area contributed by atoms with E-state index >= 15 is 0 Å². The summed E-state index contributed by atoms with van der Waals surface area (Å²) in [7, 11) is 0. The molecule has 0 saturated heterocycles. The SMILES string of the molecule is CC1C=CC=C(c2cc(-c3ccccc3)cc(-c3ccc(N(c4ccc(-c5cccc6c5ccc5ccccc56)cc4)c4cccc(-c5cccc6c5oc5ccccc56)c4)cc3)c2)C1. The maximum absolute atomic E-state index is 6.54. The zero-order valence-electron chi connectivity index (χ0n) is 36.2. The Bertz CT molecular complexity index is 3630. The van der Waals surface area contributed by atoms with E-state index in [-0.39, 0.29) is 0 Å². The van der Waals surface area contributed by atoms with Crippen LogP contribution in [0.4, 0.5) is 17.1 Å². The summed E-state index contributed by atoms with van der Waals surface area (Å²) >= 11 is 0. The lowest BCUT2D eigenvalue weighted by molar-refractivity contribution is 0.670. The van der Waals surface area contributed by atoms with E-state index in [1.165, 1.54) is 66.1 Å². The largest absolute Gasteiger partial charge is 0.455 e. The van der Waals surface area contributed by atoms with Crippen LogP contribution in [0.15, 0.2) is 241 Å². The molecule has 0 amide bonds. The number of furan rings is 1. The van der Waals surface area contributed by atoms with E-state index in [9.17, 15) is 0 Å². The van der Waals surface area contributed by atoms with Gasteiger partial charge in [0.2, 0.25) is 0 Å². The van der Waals surface area contributed by atoms with Crippen LogP contribution in [0.2, 0.25) is 0 Å². The van der Waals surface area contributed by atoms with Crippen molar-refractivity contribution in [3.8, 4) is 44.5 Å². The van der Waals surface area contributed by atoms with Crippen LogP contribution in [0.3, 0.4) is 0 Å². The number of fused-ring (bicyclic) bond motifs is 6. The van der Waals surface area contributed by atoms with Gasteiger partial charge in [-0.2, -0.15) is 0 Å². The maximum atomic E-state index is 6.54. The van der Waals surface area contributed by atoms with Gasteiger partial charge in [0, 0.05) is 33.4 Å². The normalized spacial score (nSPS) is 13.7. The lowest BCUT2D eigenvalue weighted by Gasteiger charge is -2.26. The van der Waals surface area contributed by atoms with Crippen LogP contribution in [-0.4, -0.2) is 0 Å². The van der Waals surface area contributed by atoms with Gasteiger partial charge in [-0.05, 0) is 145 Å². The highest BCUT2D eigenvalue weighted by Crippen LogP contribution is 2.43. The first-order valence-electron chi connectivity index (χ1n) is 22.6. The van der Waals surface area contributed by atoms with Gasteiger partial charge in [-0.15, -0.1) is 0 Å². The van der Waals surface area contributed by atoms with Crippen LogP contribution < -0.4 is 4.90 Å². The molecule has 1 atom stereocenters. The quantitative estimate of drug-likeness (QED) is 0.142. The molecular formula is C63H45NO. The molecule has 0 saturated carbocycles. The Labute approximate surface area is 379 Å². The first-order chi connectivity index (χ1) is 32.1. The van der Waals surface area contributed by atoms with Gasteiger partial charge in [-0.25, -0.2) is 0 Å². The zero-order valence-corrected chi connectivity index (χ0v) is 36.2. The molecule has 11 aromatic rings. The Balaban J connectivity index is 0.972. The number of anilines is 3. The van der Waals surface area contributed by atoms with E-state index in [2.05, 4.69) is 242 Å². The number of hydrogen-bond donors (Lipinski definition) is 0. The Kier molecular flexibility index (Phi) is 9.57. The summed E-state index contributed by atoms with van der Waals surface area (Å²) in [5.41, 5.74) is 17.1. The van der Waals surface area contributed by atoms with Gasteiger partial charge in [0.05, 0.1) is 0 Å². The molecule has 0 N–H and O–H groups in total. The van der Waals surface area contributed by atoms with Crippen molar-refractivity contribution in [3.63, 3.8) is 0 Å². The molecule has 10 aromatic carbocycles. The van der Waals surface area contributed by atoms with Crippen molar-refractivity contribution in [2.45, 2.75) is 13.3 Å². The molecule has 0 spiro atoms. The monoisotopic (exact) mass is 831 g/mol. The predicted molar refractivity (Wildman–Crippen MR) is 276 cm³/mol. The van der Waals surface area contributed by atoms with Crippen LogP contribution in [0, 0.1) is 5.92 Å². The maximum Gasteiger partial charge on any atom is 0.143 e. The smallest absolute Gasteiger partial charge is 0.143 e. The van der Waals surface area contributed by atoms with Gasteiger partial charge < -0.3 is 9.32 Å². The Morgan fingerprint density at radius 3 is 1.80 bits per heavy atom. The predicted octanol–water partition coefficient (Wildman–Crippen LogP) is 18.0. The van der Waals surface area contributed by atoms with Gasteiger partial charge in [0.25, 0.3) is 0 Å². The number of rotatable bonds is 8. The molecule has 65 heavy (non-hydrogen) atoms. The number of benzene rings is 10. The molecule has 1 aromatic heterocycles. The van der Waals surface area contributed by atoms with Gasteiger partial charge >= 0.3 is 0 Å². The summed E-state index contributed by atoms with van der Waals surface area (Å²) in [4.78, 5) is 2.37. The van der Waals surface area contributed by atoms with E-state index < -0.39 is 0 Å². The van der Waals surface area contributed by atoms with Gasteiger partial charge in [0.1, 0.15) is 11.2 Å². The number of hydrogen-bond acceptors (Lipinski definition) is 2. The van der Waals surface area contributed by atoms with Crippen molar-refractivity contribution >= 4 is 66.1 Å². The Morgan fingerprint density at radius 1 is 0.400 bits per heavy atom. The molecule has 2 nitrogen and oxygen atoms in total. The van der Waals surface area contributed by atoms with Gasteiger partial charge in [-0.3, -0.25) is 0 Å². The standard InChI is InChI=1S/C63H45NO/c1-42-13-9-17-47(37-42)51-39-49(43-14-3-2-4-15-43)38-50(40-51)44-27-32-52(33-28-44)64(54-19-10-18-48(41-54)57-23-12-25-61-60-21-7-8-26-62(60)65-63(57)61)53-34-29-46(30-35-53)56-22-11-24-58-55-20-6-5-16-45(55)31-36-59(56)58/h2-36,38-42H,37H2,1H3. The van der Waals surface area contributed by atoms with E-state index in [4.69, 9.17) is 4.42 Å². The summed E-state index contributed by atoms with van der Waals surface area (Å²) in [6, 6.07) is 79.4. The van der Waals surface area contributed by atoms with Crippen molar-refractivity contribution in [2.24, 2.45) is 5.92 Å². The molecule has 308 valence electrons. The molecule has 0 aliphatic heterocycles. The average molecular weight is 832 g/mol. The van der Waals surface area contributed by atoms with Crippen LogP contribution in [0.1, 0.15) is 18.9 Å². The highest BCUT2D eigenvalue weighted by atomic mass is 16.3. The molecule has 1 unspecified atom stereocenters. The van der Waals surface area contributed by atoms with E-state index in [0.29, 0.717) is 5.92 Å². The molecule has 1 aliphatic rings. The summed E-state index contributed by atoms with van der Waals surface area (Å²) in [5.74, 6) is 0.510. The molecule has 0 bridgehead atoms. The minimum Gasteiger partial charge on any atom is -0.455 e. The highest BCUT2D eigenvalue weighted by molar-refractivity contribution is 6.12. The summed E-state index contributed by atoms with van der Waals surface area (Å²) in [6.45, 7) is 2.30. The third kappa shape index (κ3) is 7.10. The van der Waals surface area contributed by atoms with E-state index in [0.717, 1.165) is 56.5 Å². The lowest BCUT2D eigenvalue weighted by atomic mass is 9.87. The van der Waals surface area contributed by atoms with Crippen molar-refractivity contribution in [2.75, 3.05) is 4.90 Å². The molecule has 2 heteroatoms. The first-order valence-corrected chi connectivity index (χ1v) is 22.6. The fourth-order valence-electron chi connectivity index (χ4n) is 9.95. The van der Waals surface area contributed by atoms with Gasteiger partial charge in [0.15, 0.2) is 0 Å². The fraction of sp³-hybridized carbons (Fsp3) is 0.0476. The third-order valence-corrected chi connectivity index (χ3v) is 13.2. The van der Waals surface area contributed by atoms with Crippen molar-refractivity contribution in [3.05, 3.63) is 242 Å². The highest BCUT2D eigenvalue weighted by Gasteiger charge is 2.18. The van der Waals surface area contributed by atoms with E-state index in [1.54, 1.807) is 0 Å². The second-order valence-corrected chi connectivity index (χ2v) is 17.4. The summed E-state index contributed by atoms with van der Waals surface area (Å²) < 4.78 is 6.54. The van der Waals surface area contributed by atoms with Crippen LogP contribution in [0.25, 0.3) is 93.6 Å². The van der Waals surface area contributed by atoms with Crippen LogP contribution >= 0.6 is 0 Å². The second-order valence-electron chi connectivity index (χ2n) is 17.4. The minimum absolute atomic E-state index is 0.510.